The van der Waals surface area contributed by atoms with Crippen LogP contribution in [0.3, 0.4) is 0 Å². The summed E-state index contributed by atoms with van der Waals surface area (Å²) < 4.78 is 0.796. The molecule has 0 radical (unpaired) electrons. The zero-order valence-corrected chi connectivity index (χ0v) is 11.9. The van der Waals surface area contributed by atoms with Gasteiger partial charge in [0.1, 0.15) is 4.60 Å². The molecule has 0 bridgehead atoms. The fourth-order valence-electron chi connectivity index (χ4n) is 2.48. The number of hydrogen-bond donors (Lipinski definition) is 1. The average molecular weight is 302 g/mol. The number of thiazole rings is 1. The number of aliphatic hydroxyl groups is 1. The Hall–Kier alpha value is -0.190. The van der Waals surface area contributed by atoms with Crippen LogP contribution in [-0.4, -0.2) is 10.1 Å². The number of aliphatic hydroxyl groups excluding tert-OH is 1. The fourth-order valence-corrected chi connectivity index (χ4v) is 3.99. The first-order chi connectivity index (χ1) is 7.58. The van der Waals surface area contributed by atoms with Crippen LogP contribution < -0.4 is 0 Å². The van der Waals surface area contributed by atoms with Crippen LogP contribution in [0.1, 0.15) is 37.7 Å². The Morgan fingerprint density at radius 1 is 1.62 bits per heavy atom. The third-order valence-electron chi connectivity index (χ3n) is 3.09. The first kappa shape index (κ1) is 12.3. The Morgan fingerprint density at radius 2 is 2.38 bits per heavy atom. The summed E-state index contributed by atoms with van der Waals surface area (Å²) in [5, 5.41) is 10.4. The van der Waals surface area contributed by atoms with Crippen molar-refractivity contribution >= 4 is 27.3 Å². The second-order valence-electron chi connectivity index (χ2n) is 4.64. The molecule has 0 spiro atoms. The maximum absolute atomic E-state index is 10.4. The predicted octanol–water partition coefficient (Wildman–Crippen LogP) is 3.93. The summed E-state index contributed by atoms with van der Waals surface area (Å²) in [6.45, 7) is 4.36. The van der Waals surface area contributed by atoms with Crippen LogP contribution in [0.5, 0.6) is 0 Å². The summed E-state index contributed by atoms with van der Waals surface area (Å²) in [6.07, 6.45) is 3.98. The van der Waals surface area contributed by atoms with E-state index in [0.29, 0.717) is 11.8 Å². The van der Waals surface area contributed by atoms with Crippen molar-refractivity contribution in [1.82, 2.24) is 4.98 Å². The van der Waals surface area contributed by atoms with E-state index in [1.54, 1.807) is 5.51 Å². The van der Waals surface area contributed by atoms with Crippen molar-refractivity contribution in [2.24, 2.45) is 11.8 Å². The summed E-state index contributed by atoms with van der Waals surface area (Å²) in [4.78, 5) is 5.10. The predicted molar refractivity (Wildman–Crippen MR) is 70.4 cm³/mol. The van der Waals surface area contributed by atoms with Crippen LogP contribution in [0.4, 0.5) is 0 Å². The SMILES string of the molecule is CC1=CC(C)CC(C(O)c2scnc2Br)C1. The molecule has 0 aromatic carbocycles. The molecule has 0 aliphatic heterocycles. The molecule has 88 valence electrons. The van der Waals surface area contributed by atoms with Gasteiger partial charge in [-0.3, -0.25) is 0 Å². The minimum Gasteiger partial charge on any atom is -0.387 e. The summed E-state index contributed by atoms with van der Waals surface area (Å²) in [5.41, 5.74) is 3.17. The fraction of sp³-hybridized carbons (Fsp3) is 0.583. The molecule has 16 heavy (non-hydrogen) atoms. The molecular weight excluding hydrogens is 286 g/mol. The lowest BCUT2D eigenvalue weighted by Crippen LogP contribution is -2.18. The number of nitrogens with zero attached hydrogens (tertiary/aromatic N) is 1. The molecule has 2 nitrogen and oxygen atoms in total. The van der Waals surface area contributed by atoms with Gasteiger partial charge in [0, 0.05) is 0 Å². The molecule has 0 saturated carbocycles. The monoisotopic (exact) mass is 301 g/mol. The van der Waals surface area contributed by atoms with Crippen molar-refractivity contribution in [2.45, 2.75) is 32.8 Å². The van der Waals surface area contributed by atoms with Gasteiger partial charge in [0.2, 0.25) is 0 Å². The second kappa shape index (κ2) is 4.98. The third-order valence-corrected chi connectivity index (χ3v) is 4.89. The first-order valence-electron chi connectivity index (χ1n) is 5.52. The molecule has 1 aliphatic carbocycles. The highest BCUT2D eigenvalue weighted by atomic mass is 79.9. The lowest BCUT2D eigenvalue weighted by atomic mass is 9.80. The molecule has 1 aromatic heterocycles. The van der Waals surface area contributed by atoms with E-state index in [1.807, 2.05) is 0 Å². The quantitative estimate of drug-likeness (QED) is 0.840. The molecule has 4 heteroatoms. The number of hydrogen-bond acceptors (Lipinski definition) is 3. The third kappa shape index (κ3) is 2.55. The van der Waals surface area contributed by atoms with Crippen molar-refractivity contribution in [2.75, 3.05) is 0 Å². The van der Waals surface area contributed by atoms with Crippen LogP contribution in [-0.2, 0) is 0 Å². The topological polar surface area (TPSA) is 33.1 Å². The van der Waals surface area contributed by atoms with E-state index in [4.69, 9.17) is 0 Å². The van der Waals surface area contributed by atoms with E-state index >= 15 is 0 Å². The van der Waals surface area contributed by atoms with Gasteiger partial charge in [-0.05, 0) is 47.5 Å². The molecule has 0 fully saturated rings. The second-order valence-corrected chi connectivity index (χ2v) is 6.28. The Labute approximate surface area is 109 Å². The highest BCUT2D eigenvalue weighted by Crippen LogP contribution is 2.39. The van der Waals surface area contributed by atoms with Gasteiger partial charge in [0.15, 0.2) is 0 Å². The first-order valence-corrected chi connectivity index (χ1v) is 7.19. The minimum absolute atomic E-state index is 0.330. The van der Waals surface area contributed by atoms with Gasteiger partial charge in [-0.15, -0.1) is 11.3 Å². The number of halogens is 1. The standard InChI is InChI=1S/C12H16BrNOS/c1-7-3-8(2)5-9(4-7)10(15)11-12(13)14-6-16-11/h3,6-7,9-10,15H,4-5H2,1-2H3. The molecular formula is C12H16BrNOS. The van der Waals surface area contributed by atoms with Gasteiger partial charge in [0.05, 0.1) is 16.5 Å². The van der Waals surface area contributed by atoms with Crippen molar-refractivity contribution in [3.05, 3.63) is 26.6 Å². The molecule has 1 heterocycles. The van der Waals surface area contributed by atoms with Gasteiger partial charge >= 0.3 is 0 Å². The maximum atomic E-state index is 10.4. The molecule has 1 aliphatic rings. The van der Waals surface area contributed by atoms with E-state index in [0.717, 1.165) is 22.3 Å². The normalized spacial score (nSPS) is 27.6. The molecule has 1 aromatic rings. The van der Waals surface area contributed by atoms with Crippen molar-refractivity contribution in [1.29, 1.82) is 0 Å². The molecule has 3 unspecified atom stereocenters. The highest BCUT2D eigenvalue weighted by Gasteiger charge is 2.28. The van der Waals surface area contributed by atoms with E-state index in [2.05, 4.69) is 40.8 Å². The Morgan fingerprint density at radius 3 is 2.94 bits per heavy atom. The molecule has 3 atom stereocenters. The van der Waals surface area contributed by atoms with Crippen molar-refractivity contribution < 1.29 is 5.11 Å². The van der Waals surface area contributed by atoms with Crippen LogP contribution in [0, 0.1) is 11.8 Å². The summed E-state index contributed by atoms with van der Waals surface area (Å²) in [7, 11) is 0. The van der Waals surface area contributed by atoms with Crippen molar-refractivity contribution in [3.8, 4) is 0 Å². The lowest BCUT2D eigenvalue weighted by Gasteiger charge is -2.28. The number of rotatable bonds is 2. The summed E-state index contributed by atoms with van der Waals surface area (Å²) in [5.74, 6) is 0.900. The van der Waals surface area contributed by atoms with E-state index < -0.39 is 0 Å². The maximum Gasteiger partial charge on any atom is 0.122 e. The zero-order chi connectivity index (χ0) is 11.7. The van der Waals surface area contributed by atoms with E-state index in [1.165, 1.54) is 16.9 Å². The van der Waals surface area contributed by atoms with Gasteiger partial charge < -0.3 is 5.11 Å². The van der Waals surface area contributed by atoms with Gasteiger partial charge in [0.25, 0.3) is 0 Å². The minimum atomic E-state index is -0.382. The van der Waals surface area contributed by atoms with Crippen molar-refractivity contribution in [3.63, 3.8) is 0 Å². The van der Waals surface area contributed by atoms with Crippen LogP contribution in [0.15, 0.2) is 21.8 Å². The Balaban J connectivity index is 2.15. The zero-order valence-electron chi connectivity index (χ0n) is 9.48. The number of allylic oxidation sites excluding steroid dienone is 2. The number of aromatic nitrogens is 1. The largest absolute Gasteiger partial charge is 0.387 e. The molecule has 2 rings (SSSR count). The lowest BCUT2D eigenvalue weighted by molar-refractivity contribution is 0.0956. The summed E-state index contributed by atoms with van der Waals surface area (Å²) in [6, 6.07) is 0. The van der Waals surface area contributed by atoms with E-state index in [9.17, 15) is 5.11 Å². The smallest absolute Gasteiger partial charge is 0.122 e. The van der Waals surface area contributed by atoms with E-state index in [-0.39, 0.29) is 6.10 Å². The Kier molecular flexibility index (Phi) is 3.82. The Bertz CT molecular complexity index is 401. The van der Waals surface area contributed by atoms with Crippen LogP contribution in [0.25, 0.3) is 0 Å². The molecule has 1 N–H and O–H groups in total. The highest BCUT2D eigenvalue weighted by molar-refractivity contribution is 9.10. The summed E-state index contributed by atoms with van der Waals surface area (Å²) >= 11 is 4.91. The van der Waals surface area contributed by atoms with Gasteiger partial charge in [-0.1, -0.05) is 18.6 Å². The molecule has 0 amide bonds. The van der Waals surface area contributed by atoms with Gasteiger partial charge in [-0.2, -0.15) is 0 Å². The average Bonchev–Trinajstić information content (AvgIpc) is 2.62. The van der Waals surface area contributed by atoms with Crippen LogP contribution >= 0.6 is 27.3 Å². The van der Waals surface area contributed by atoms with Crippen LogP contribution in [0.2, 0.25) is 0 Å². The van der Waals surface area contributed by atoms with Gasteiger partial charge in [-0.25, -0.2) is 4.98 Å². The molecule has 0 saturated heterocycles.